The summed E-state index contributed by atoms with van der Waals surface area (Å²) in [5.74, 6) is 3.63. The summed E-state index contributed by atoms with van der Waals surface area (Å²) in [6.45, 7) is 7.12. The average molecular weight is 446 g/mol. The Bertz CT molecular complexity index is 1190. The van der Waals surface area contributed by atoms with Crippen LogP contribution < -0.4 is 4.74 Å². The molecule has 2 aromatic carbocycles. The maximum Gasteiger partial charge on any atom is 0.241 e. The third-order valence-corrected chi connectivity index (χ3v) is 5.96. The molecule has 1 aliphatic rings. The number of oxazole rings is 1. The van der Waals surface area contributed by atoms with Crippen LogP contribution in [0.3, 0.4) is 0 Å². The van der Waals surface area contributed by atoms with Gasteiger partial charge in [0, 0.05) is 37.3 Å². The standard InChI is InChI=1S/C25H27N5O3/c1-18-5-3-4-6-21(18)25-27-24(33-28-25)17-30-13-11-29(12-14-30)16-23-26-15-22(32-23)19-7-9-20(31-2)10-8-19/h3-10,15H,11-14,16-17H2,1-2H3. The Morgan fingerprint density at radius 1 is 0.909 bits per heavy atom. The van der Waals surface area contributed by atoms with Crippen molar-refractivity contribution in [2.24, 2.45) is 0 Å². The van der Waals surface area contributed by atoms with E-state index < -0.39 is 0 Å². The number of nitrogens with zero attached hydrogens (tertiary/aromatic N) is 5. The molecule has 0 saturated carbocycles. The molecular formula is C25H27N5O3. The minimum absolute atomic E-state index is 0.651. The zero-order valence-electron chi connectivity index (χ0n) is 18.9. The molecule has 2 aromatic heterocycles. The van der Waals surface area contributed by atoms with Gasteiger partial charge in [-0.25, -0.2) is 4.98 Å². The molecule has 0 N–H and O–H groups in total. The lowest BCUT2D eigenvalue weighted by Gasteiger charge is -2.33. The Morgan fingerprint density at radius 3 is 2.30 bits per heavy atom. The first-order valence-electron chi connectivity index (χ1n) is 11.1. The summed E-state index contributed by atoms with van der Waals surface area (Å²) in [4.78, 5) is 13.8. The summed E-state index contributed by atoms with van der Waals surface area (Å²) in [7, 11) is 1.66. The molecule has 0 bridgehead atoms. The average Bonchev–Trinajstić information content (AvgIpc) is 3.51. The Labute approximate surface area is 192 Å². The van der Waals surface area contributed by atoms with Gasteiger partial charge in [-0.05, 0) is 36.8 Å². The number of benzene rings is 2. The van der Waals surface area contributed by atoms with E-state index in [-0.39, 0.29) is 0 Å². The molecule has 33 heavy (non-hydrogen) atoms. The third kappa shape index (κ3) is 4.97. The summed E-state index contributed by atoms with van der Waals surface area (Å²) in [6.07, 6.45) is 1.79. The van der Waals surface area contributed by atoms with Gasteiger partial charge in [-0.3, -0.25) is 9.80 Å². The fraction of sp³-hybridized carbons (Fsp3) is 0.320. The van der Waals surface area contributed by atoms with Crippen molar-refractivity contribution in [2.45, 2.75) is 20.0 Å². The molecule has 170 valence electrons. The number of rotatable bonds is 7. The van der Waals surface area contributed by atoms with Gasteiger partial charge in [-0.15, -0.1) is 0 Å². The molecule has 1 aliphatic heterocycles. The van der Waals surface area contributed by atoms with Crippen molar-refractivity contribution in [3.8, 4) is 28.5 Å². The van der Waals surface area contributed by atoms with E-state index in [0.717, 1.165) is 60.3 Å². The van der Waals surface area contributed by atoms with E-state index in [0.29, 0.717) is 24.8 Å². The molecule has 0 spiro atoms. The fourth-order valence-electron chi connectivity index (χ4n) is 4.01. The second-order valence-corrected chi connectivity index (χ2v) is 8.23. The first-order chi connectivity index (χ1) is 16.2. The molecule has 4 aromatic rings. The van der Waals surface area contributed by atoms with Crippen LogP contribution in [0.4, 0.5) is 0 Å². The fourth-order valence-corrected chi connectivity index (χ4v) is 4.01. The van der Waals surface area contributed by atoms with Crippen molar-refractivity contribution in [3.05, 3.63) is 72.1 Å². The minimum Gasteiger partial charge on any atom is -0.497 e. The molecule has 1 fully saturated rings. The van der Waals surface area contributed by atoms with Crippen LogP contribution in [0.5, 0.6) is 5.75 Å². The molecule has 0 atom stereocenters. The first kappa shape index (κ1) is 21.4. The zero-order chi connectivity index (χ0) is 22.6. The second-order valence-electron chi connectivity index (χ2n) is 8.23. The topological polar surface area (TPSA) is 80.7 Å². The summed E-state index contributed by atoms with van der Waals surface area (Å²) in [6, 6.07) is 15.9. The Kier molecular flexibility index (Phi) is 6.19. The Morgan fingerprint density at radius 2 is 1.61 bits per heavy atom. The van der Waals surface area contributed by atoms with Crippen molar-refractivity contribution in [1.82, 2.24) is 24.9 Å². The lowest BCUT2D eigenvalue weighted by molar-refractivity contribution is 0.106. The van der Waals surface area contributed by atoms with Crippen LogP contribution in [0.25, 0.3) is 22.7 Å². The number of hydrogen-bond acceptors (Lipinski definition) is 8. The van der Waals surface area contributed by atoms with Gasteiger partial charge in [0.1, 0.15) is 5.75 Å². The second kappa shape index (κ2) is 9.56. The van der Waals surface area contributed by atoms with E-state index in [1.54, 1.807) is 13.3 Å². The lowest BCUT2D eigenvalue weighted by Crippen LogP contribution is -2.45. The predicted octanol–water partition coefficient (Wildman–Crippen LogP) is 4.03. The first-order valence-corrected chi connectivity index (χ1v) is 11.1. The van der Waals surface area contributed by atoms with E-state index >= 15 is 0 Å². The highest BCUT2D eigenvalue weighted by molar-refractivity contribution is 5.59. The third-order valence-electron chi connectivity index (χ3n) is 5.96. The van der Waals surface area contributed by atoms with Crippen molar-refractivity contribution < 1.29 is 13.7 Å². The highest BCUT2D eigenvalue weighted by atomic mass is 16.5. The number of ether oxygens (including phenoxy) is 1. The van der Waals surface area contributed by atoms with Gasteiger partial charge < -0.3 is 13.7 Å². The van der Waals surface area contributed by atoms with Crippen LogP contribution in [-0.4, -0.2) is 58.2 Å². The normalized spacial score (nSPS) is 15.1. The van der Waals surface area contributed by atoms with Gasteiger partial charge in [-0.2, -0.15) is 4.98 Å². The molecule has 0 radical (unpaired) electrons. The van der Waals surface area contributed by atoms with Gasteiger partial charge in [0.25, 0.3) is 0 Å². The SMILES string of the molecule is COc1ccc(-c2cnc(CN3CCN(Cc4nc(-c5ccccc5C)no4)CC3)o2)cc1. The Balaban J connectivity index is 1.13. The quantitative estimate of drug-likeness (QED) is 0.422. The molecule has 0 unspecified atom stereocenters. The molecule has 8 nitrogen and oxygen atoms in total. The molecule has 3 heterocycles. The van der Waals surface area contributed by atoms with Crippen molar-refractivity contribution >= 4 is 0 Å². The molecule has 0 amide bonds. The minimum atomic E-state index is 0.651. The molecule has 8 heteroatoms. The van der Waals surface area contributed by atoms with E-state index in [4.69, 9.17) is 13.7 Å². The van der Waals surface area contributed by atoms with Crippen LogP contribution in [0, 0.1) is 6.92 Å². The molecule has 5 rings (SSSR count). The highest BCUT2D eigenvalue weighted by Crippen LogP contribution is 2.24. The van der Waals surface area contributed by atoms with Gasteiger partial charge in [0.05, 0.1) is 26.4 Å². The van der Waals surface area contributed by atoms with Gasteiger partial charge in [0.2, 0.25) is 17.6 Å². The summed E-state index contributed by atoms with van der Waals surface area (Å²) >= 11 is 0. The number of aromatic nitrogens is 3. The zero-order valence-corrected chi connectivity index (χ0v) is 18.9. The van der Waals surface area contributed by atoms with E-state index in [2.05, 4.69) is 37.9 Å². The number of piperazine rings is 1. The van der Waals surface area contributed by atoms with Gasteiger partial charge >= 0.3 is 0 Å². The van der Waals surface area contributed by atoms with Crippen LogP contribution >= 0.6 is 0 Å². The van der Waals surface area contributed by atoms with Crippen LogP contribution in [-0.2, 0) is 13.1 Å². The monoisotopic (exact) mass is 445 g/mol. The van der Waals surface area contributed by atoms with Crippen LogP contribution in [0.1, 0.15) is 17.3 Å². The largest absolute Gasteiger partial charge is 0.497 e. The molecular weight excluding hydrogens is 418 g/mol. The van der Waals surface area contributed by atoms with E-state index in [1.807, 2.05) is 42.5 Å². The Hall–Kier alpha value is -3.49. The smallest absolute Gasteiger partial charge is 0.241 e. The van der Waals surface area contributed by atoms with Crippen LogP contribution in [0.15, 0.2) is 63.7 Å². The highest BCUT2D eigenvalue weighted by Gasteiger charge is 2.21. The van der Waals surface area contributed by atoms with Gasteiger partial charge in [-0.1, -0.05) is 29.4 Å². The van der Waals surface area contributed by atoms with E-state index in [9.17, 15) is 0 Å². The molecule has 1 saturated heterocycles. The van der Waals surface area contributed by atoms with Crippen molar-refractivity contribution in [1.29, 1.82) is 0 Å². The van der Waals surface area contributed by atoms with Crippen LogP contribution in [0.2, 0.25) is 0 Å². The lowest BCUT2D eigenvalue weighted by atomic mass is 10.1. The van der Waals surface area contributed by atoms with E-state index in [1.165, 1.54) is 0 Å². The van der Waals surface area contributed by atoms with Crippen molar-refractivity contribution in [3.63, 3.8) is 0 Å². The number of aryl methyl sites for hydroxylation is 1. The number of methoxy groups -OCH3 is 1. The predicted molar refractivity (Wildman–Crippen MR) is 124 cm³/mol. The maximum absolute atomic E-state index is 5.98. The number of hydrogen-bond donors (Lipinski definition) is 0. The maximum atomic E-state index is 5.98. The molecule has 0 aliphatic carbocycles. The summed E-state index contributed by atoms with van der Waals surface area (Å²) in [5.41, 5.74) is 3.14. The van der Waals surface area contributed by atoms with Crippen molar-refractivity contribution in [2.75, 3.05) is 33.3 Å². The summed E-state index contributed by atoms with van der Waals surface area (Å²) in [5, 5.41) is 4.17. The van der Waals surface area contributed by atoms with Gasteiger partial charge in [0.15, 0.2) is 5.76 Å². The summed E-state index contributed by atoms with van der Waals surface area (Å²) < 4.78 is 16.7.